The zero-order valence-corrected chi connectivity index (χ0v) is 11.7. The average Bonchev–Trinajstić information content (AvgIpc) is 2.48. The molecule has 0 bridgehead atoms. The molecule has 1 heterocycles. The van der Waals surface area contributed by atoms with Crippen LogP contribution in [0, 0.1) is 5.41 Å². The second-order valence-electron chi connectivity index (χ2n) is 4.73. The van der Waals surface area contributed by atoms with Crippen LogP contribution in [0.4, 0.5) is 5.69 Å². The third-order valence-corrected chi connectivity index (χ3v) is 3.34. The highest BCUT2D eigenvalue weighted by Crippen LogP contribution is 2.26. The monoisotopic (exact) mass is 275 g/mol. The van der Waals surface area contributed by atoms with Gasteiger partial charge in [-0.1, -0.05) is 6.07 Å². The first-order valence-corrected chi connectivity index (χ1v) is 6.74. The first-order valence-electron chi connectivity index (χ1n) is 6.74. The first-order chi connectivity index (χ1) is 9.72. The molecule has 5 nitrogen and oxygen atoms in total. The summed E-state index contributed by atoms with van der Waals surface area (Å²) in [4.78, 5) is 0. The van der Waals surface area contributed by atoms with Gasteiger partial charge >= 0.3 is 0 Å². The maximum absolute atomic E-state index is 8.10. The highest BCUT2D eigenvalue weighted by atomic mass is 16.5. The average molecular weight is 275 g/mol. The molecule has 1 aliphatic rings. The van der Waals surface area contributed by atoms with Crippen molar-refractivity contribution in [3.8, 4) is 5.75 Å². The van der Waals surface area contributed by atoms with Gasteiger partial charge in [0.05, 0.1) is 18.5 Å². The lowest BCUT2D eigenvalue weighted by Crippen LogP contribution is -2.31. The SMILES string of the molecule is COc1c(N)cccc1C(=N)/C=C\NC1CCOCC1. The minimum atomic E-state index is 0.369. The van der Waals surface area contributed by atoms with Gasteiger partial charge in [0.25, 0.3) is 0 Å². The normalized spacial score (nSPS) is 16.2. The Bertz CT molecular complexity index is 494. The van der Waals surface area contributed by atoms with E-state index in [9.17, 15) is 0 Å². The molecule has 0 saturated carbocycles. The third-order valence-electron chi connectivity index (χ3n) is 3.34. The Labute approximate surface area is 119 Å². The van der Waals surface area contributed by atoms with E-state index < -0.39 is 0 Å². The van der Waals surface area contributed by atoms with Crippen molar-refractivity contribution in [3.63, 3.8) is 0 Å². The number of hydrogen-bond acceptors (Lipinski definition) is 5. The highest BCUT2D eigenvalue weighted by Gasteiger charge is 2.12. The van der Waals surface area contributed by atoms with Gasteiger partial charge in [-0.05, 0) is 37.3 Å². The summed E-state index contributed by atoms with van der Waals surface area (Å²) < 4.78 is 10.6. The van der Waals surface area contributed by atoms with Crippen LogP contribution in [-0.4, -0.2) is 32.1 Å². The number of nitrogens with one attached hydrogen (secondary N) is 2. The fraction of sp³-hybridized carbons (Fsp3) is 0.400. The van der Waals surface area contributed by atoms with E-state index in [-0.39, 0.29) is 0 Å². The Morgan fingerprint density at radius 3 is 2.90 bits per heavy atom. The predicted octanol–water partition coefficient (Wildman–Crippen LogP) is 1.93. The molecule has 0 aromatic heterocycles. The molecule has 0 atom stereocenters. The second-order valence-corrected chi connectivity index (χ2v) is 4.73. The number of ether oxygens (including phenoxy) is 2. The standard InChI is InChI=1S/C15H21N3O2/c1-19-15-12(3-2-4-14(15)17)13(16)5-8-18-11-6-9-20-10-7-11/h2-5,8,11,16,18H,6-7,9-10,17H2,1H3/b8-5-,16-13?. The van der Waals surface area contributed by atoms with Crippen molar-refractivity contribution in [2.75, 3.05) is 26.1 Å². The van der Waals surface area contributed by atoms with Crippen LogP contribution in [-0.2, 0) is 4.74 Å². The third kappa shape index (κ3) is 3.51. The minimum Gasteiger partial charge on any atom is -0.494 e. The number of benzene rings is 1. The number of nitrogen functional groups attached to an aromatic ring is 1. The highest BCUT2D eigenvalue weighted by molar-refractivity contribution is 6.09. The van der Waals surface area contributed by atoms with Crippen LogP contribution in [0.2, 0.25) is 0 Å². The number of allylic oxidation sites excluding steroid dienone is 1. The van der Waals surface area contributed by atoms with Crippen LogP contribution >= 0.6 is 0 Å². The van der Waals surface area contributed by atoms with Crippen LogP contribution in [0.15, 0.2) is 30.5 Å². The second kappa shape index (κ2) is 6.96. The van der Waals surface area contributed by atoms with E-state index in [1.54, 1.807) is 19.3 Å². The van der Waals surface area contributed by atoms with E-state index in [0.717, 1.165) is 26.1 Å². The Morgan fingerprint density at radius 1 is 1.45 bits per heavy atom. The number of rotatable bonds is 5. The summed E-state index contributed by atoms with van der Waals surface area (Å²) in [5.74, 6) is 0.549. The van der Waals surface area contributed by atoms with E-state index >= 15 is 0 Å². The molecule has 5 heteroatoms. The molecule has 0 aliphatic carbocycles. The van der Waals surface area contributed by atoms with Crippen molar-refractivity contribution >= 4 is 11.4 Å². The molecule has 1 aromatic rings. The molecule has 108 valence electrons. The predicted molar refractivity (Wildman–Crippen MR) is 80.4 cm³/mol. The molecule has 20 heavy (non-hydrogen) atoms. The number of anilines is 1. The molecule has 2 rings (SSSR count). The van der Waals surface area contributed by atoms with Gasteiger partial charge in [-0.2, -0.15) is 0 Å². The maximum Gasteiger partial charge on any atom is 0.151 e. The van der Waals surface area contributed by atoms with Crippen molar-refractivity contribution in [2.45, 2.75) is 18.9 Å². The smallest absolute Gasteiger partial charge is 0.151 e. The summed E-state index contributed by atoms with van der Waals surface area (Å²) in [5, 5.41) is 11.4. The van der Waals surface area contributed by atoms with Crippen LogP contribution in [0.1, 0.15) is 18.4 Å². The van der Waals surface area contributed by atoms with Crippen molar-refractivity contribution in [1.29, 1.82) is 5.41 Å². The summed E-state index contributed by atoms with van der Waals surface area (Å²) in [7, 11) is 1.56. The fourth-order valence-corrected chi connectivity index (χ4v) is 2.22. The van der Waals surface area contributed by atoms with Gasteiger partial charge in [0, 0.05) is 24.8 Å². The van der Waals surface area contributed by atoms with E-state index in [1.807, 2.05) is 18.3 Å². The Kier molecular flexibility index (Phi) is 5.01. The maximum atomic E-state index is 8.10. The van der Waals surface area contributed by atoms with E-state index in [2.05, 4.69) is 5.32 Å². The number of hydrogen-bond donors (Lipinski definition) is 3. The summed E-state index contributed by atoms with van der Waals surface area (Å²) >= 11 is 0. The zero-order chi connectivity index (χ0) is 14.4. The zero-order valence-electron chi connectivity index (χ0n) is 11.7. The van der Waals surface area contributed by atoms with E-state index in [4.69, 9.17) is 20.6 Å². The van der Waals surface area contributed by atoms with E-state index in [0.29, 0.717) is 28.8 Å². The molecule has 1 fully saturated rings. The van der Waals surface area contributed by atoms with Crippen molar-refractivity contribution in [3.05, 3.63) is 36.0 Å². The van der Waals surface area contributed by atoms with E-state index in [1.165, 1.54) is 0 Å². The molecule has 0 spiro atoms. The van der Waals surface area contributed by atoms with Crippen molar-refractivity contribution in [1.82, 2.24) is 5.32 Å². The Hall–Kier alpha value is -2.01. The molecule has 0 amide bonds. The number of nitrogens with two attached hydrogens (primary N) is 1. The van der Waals surface area contributed by atoms with Gasteiger partial charge < -0.3 is 25.9 Å². The quantitative estimate of drug-likeness (QED) is 0.566. The molecule has 1 aliphatic heterocycles. The van der Waals surface area contributed by atoms with Crippen LogP contribution in [0.5, 0.6) is 5.75 Å². The lowest BCUT2D eigenvalue weighted by Gasteiger charge is -2.22. The summed E-state index contributed by atoms with van der Waals surface area (Å²) in [6.45, 7) is 1.60. The summed E-state index contributed by atoms with van der Waals surface area (Å²) in [6, 6.07) is 5.84. The largest absolute Gasteiger partial charge is 0.494 e. The van der Waals surface area contributed by atoms with Crippen molar-refractivity contribution < 1.29 is 9.47 Å². The topological polar surface area (TPSA) is 80.4 Å². The lowest BCUT2D eigenvalue weighted by atomic mass is 10.1. The van der Waals surface area contributed by atoms with Gasteiger partial charge in [-0.25, -0.2) is 0 Å². The lowest BCUT2D eigenvalue weighted by molar-refractivity contribution is 0.0812. The van der Waals surface area contributed by atoms with Crippen LogP contribution < -0.4 is 15.8 Å². The molecular formula is C15H21N3O2. The van der Waals surface area contributed by atoms with Gasteiger partial charge in [-0.15, -0.1) is 0 Å². The number of para-hydroxylation sites is 1. The molecule has 0 unspecified atom stereocenters. The molecular weight excluding hydrogens is 254 g/mol. The molecule has 0 radical (unpaired) electrons. The van der Waals surface area contributed by atoms with Gasteiger partial charge in [0.15, 0.2) is 5.75 Å². The Balaban J connectivity index is 1.99. The van der Waals surface area contributed by atoms with Gasteiger partial charge in [0.2, 0.25) is 0 Å². The van der Waals surface area contributed by atoms with Crippen molar-refractivity contribution in [2.24, 2.45) is 0 Å². The molecule has 4 N–H and O–H groups in total. The fourth-order valence-electron chi connectivity index (χ4n) is 2.22. The molecule has 1 aromatic carbocycles. The summed E-state index contributed by atoms with van der Waals surface area (Å²) in [5.41, 5.74) is 7.44. The minimum absolute atomic E-state index is 0.369. The Morgan fingerprint density at radius 2 is 2.20 bits per heavy atom. The summed E-state index contributed by atoms with van der Waals surface area (Å²) in [6.07, 6.45) is 5.55. The van der Waals surface area contributed by atoms with Gasteiger partial charge in [0.1, 0.15) is 0 Å². The van der Waals surface area contributed by atoms with Gasteiger partial charge in [-0.3, -0.25) is 0 Å². The van der Waals surface area contributed by atoms with Crippen LogP contribution in [0.25, 0.3) is 0 Å². The molecule has 1 saturated heterocycles. The number of methoxy groups -OCH3 is 1. The first kappa shape index (κ1) is 14.4. The van der Waals surface area contributed by atoms with Crippen LogP contribution in [0.3, 0.4) is 0 Å².